The van der Waals surface area contributed by atoms with E-state index in [2.05, 4.69) is 23.8 Å². The summed E-state index contributed by atoms with van der Waals surface area (Å²) >= 11 is 0. The van der Waals surface area contributed by atoms with Crippen LogP contribution in [0.1, 0.15) is 61.0 Å². The van der Waals surface area contributed by atoms with Gasteiger partial charge in [0.15, 0.2) is 11.4 Å². The Labute approximate surface area is 165 Å². The molecule has 0 bridgehead atoms. The highest BCUT2D eigenvalue weighted by molar-refractivity contribution is 6.05. The Bertz CT molecular complexity index is 745. The van der Waals surface area contributed by atoms with Crippen LogP contribution in [-0.2, 0) is 4.79 Å². The molecule has 2 aliphatic heterocycles. The Morgan fingerprint density at radius 3 is 2.21 bits per heavy atom. The molecule has 1 aromatic rings. The molecule has 0 aliphatic carbocycles. The van der Waals surface area contributed by atoms with Gasteiger partial charge in [0.25, 0.3) is 11.8 Å². The van der Waals surface area contributed by atoms with E-state index < -0.39 is 11.9 Å². The monoisotopic (exact) mass is 387 g/mol. The van der Waals surface area contributed by atoms with Gasteiger partial charge in [0.1, 0.15) is 6.04 Å². The molecule has 3 amide bonds. The summed E-state index contributed by atoms with van der Waals surface area (Å²) in [5.74, 6) is -0.361. The summed E-state index contributed by atoms with van der Waals surface area (Å²) in [6.45, 7) is 8.79. The van der Waals surface area contributed by atoms with Crippen molar-refractivity contribution in [3.63, 3.8) is 0 Å². The second-order valence-corrected chi connectivity index (χ2v) is 7.96. The molecule has 3 heterocycles. The lowest BCUT2D eigenvalue weighted by Crippen LogP contribution is -2.58. The number of hydrogen-bond donors (Lipinski definition) is 0. The lowest BCUT2D eigenvalue weighted by molar-refractivity contribution is -0.140. The highest BCUT2D eigenvalue weighted by Gasteiger charge is 2.37. The van der Waals surface area contributed by atoms with Crippen LogP contribution in [0.25, 0.3) is 0 Å². The summed E-state index contributed by atoms with van der Waals surface area (Å²) < 4.78 is 0. The van der Waals surface area contributed by atoms with Crippen molar-refractivity contribution < 1.29 is 14.4 Å². The van der Waals surface area contributed by atoms with Crippen LogP contribution >= 0.6 is 0 Å². The third-order valence-electron chi connectivity index (χ3n) is 5.34. The van der Waals surface area contributed by atoms with E-state index in [0.717, 1.165) is 19.3 Å². The first-order valence-electron chi connectivity index (χ1n) is 10.1. The van der Waals surface area contributed by atoms with Crippen molar-refractivity contribution in [1.82, 2.24) is 24.7 Å². The number of nitrogens with zero attached hydrogens (tertiary/aromatic N) is 5. The van der Waals surface area contributed by atoms with E-state index in [1.54, 1.807) is 16.7 Å². The number of carbonyl (C=O) groups is 3. The smallest absolute Gasteiger partial charge is 0.275 e. The molecule has 0 radical (unpaired) electrons. The molecule has 3 rings (SSSR count). The average molecular weight is 387 g/mol. The topological polar surface area (TPSA) is 86.7 Å². The minimum atomic E-state index is -0.583. The first-order valence-corrected chi connectivity index (χ1v) is 10.1. The maximum absolute atomic E-state index is 13.2. The summed E-state index contributed by atoms with van der Waals surface area (Å²) in [5.41, 5.74) is 0.119. The maximum atomic E-state index is 13.2. The van der Waals surface area contributed by atoms with E-state index in [1.807, 2.05) is 0 Å². The van der Waals surface area contributed by atoms with E-state index in [-0.39, 0.29) is 23.2 Å². The summed E-state index contributed by atoms with van der Waals surface area (Å²) in [6.07, 6.45) is 5.87. The summed E-state index contributed by atoms with van der Waals surface area (Å²) in [6, 6.07) is -0.583. The fraction of sp³-hybridized carbons (Fsp3) is 0.650. The molecular formula is C20H29N5O3. The molecule has 2 saturated heterocycles. The number of piperazine rings is 1. The van der Waals surface area contributed by atoms with Crippen LogP contribution in [0, 0.1) is 5.92 Å². The minimum Gasteiger partial charge on any atom is -0.339 e. The maximum Gasteiger partial charge on any atom is 0.275 e. The van der Waals surface area contributed by atoms with Crippen LogP contribution in [0.15, 0.2) is 12.4 Å². The minimum absolute atomic E-state index is 0.0371. The fourth-order valence-corrected chi connectivity index (χ4v) is 3.86. The van der Waals surface area contributed by atoms with Crippen LogP contribution in [-0.4, -0.2) is 81.2 Å². The van der Waals surface area contributed by atoms with Crippen LogP contribution in [0.2, 0.25) is 0 Å². The number of hydrogen-bond acceptors (Lipinski definition) is 5. The average Bonchev–Trinajstić information content (AvgIpc) is 2.71. The van der Waals surface area contributed by atoms with Crippen molar-refractivity contribution in [3.05, 3.63) is 23.8 Å². The molecule has 0 aromatic carbocycles. The van der Waals surface area contributed by atoms with Crippen molar-refractivity contribution in [1.29, 1.82) is 0 Å². The Morgan fingerprint density at radius 2 is 1.61 bits per heavy atom. The highest BCUT2D eigenvalue weighted by atomic mass is 16.2. The van der Waals surface area contributed by atoms with Crippen LogP contribution in [0.4, 0.5) is 0 Å². The Balaban J connectivity index is 1.79. The molecule has 0 saturated carbocycles. The highest BCUT2D eigenvalue weighted by Crippen LogP contribution is 2.19. The number of aromatic nitrogens is 2. The van der Waals surface area contributed by atoms with Crippen LogP contribution in [0.5, 0.6) is 0 Å². The van der Waals surface area contributed by atoms with E-state index in [1.165, 1.54) is 17.3 Å². The Kier molecular flexibility index (Phi) is 6.26. The third kappa shape index (κ3) is 4.15. The molecule has 2 aliphatic rings. The zero-order valence-corrected chi connectivity index (χ0v) is 16.9. The van der Waals surface area contributed by atoms with Gasteiger partial charge in [-0.2, -0.15) is 0 Å². The van der Waals surface area contributed by atoms with Crippen molar-refractivity contribution in [2.75, 3.05) is 32.7 Å². The van der Waals surface area contributed by atoms with E-state index in [0.29, 0.717) is 38.6 Å². The first-order chi connectivity index (χ1) is 13.4. The molecule has 28 heavy (non-hydrogen) atoms. The van der Waals surface area contributed by atoms with Gasteiger partial charge in [-0.05, 0) is 32.1 Å². The van der Waals surface area contributed by atoms with Crippen LogP contribution < -0.4 is 0 Å². The van der Waals surface area contributed by atoms with Gasteiger partial charge in [-0.3, -0.25) is 14.4 Å². The number of carbonyl (C=O) groups excluding carboxylic acids is 3. The normalized spacial score (nSPS) is 20.6. The van der Waals surface area contributed by atoms with Gasteiger partial charge < -0.3 is 14.7 Å². The standard InChI is InChI=1S/C20H29N5O3/c1-14(2)13-24-11-12-25(15(3)18(24)26)20(28)17-16(21-7-8-22-17)19(27)23-9-5-4-6-10-23/h7-8,14-15H,4-6,9-13H2,1-3H3/t15-/m1/s1. The lowest BCUT2D eigenvalue weighted by atomic mass is 10.1. The van der Waals surface area contributed by atoms with Gasteiger partial charge in [0, 0.05) is 45.1 Å². The third-order valence-corrected chi connectivity index (χ3v) is 5.34. The molecule has 1 atom stereocenters. The lowest BCUT2D eigenvalue weighted by Gasteiger charge is -2.39. The SMILES string of the molecule is CC(C)CN1CCN(C(=O)c2nccnc2C(=O)N2CCCCC2)[C@H](C)C1=O. The van der Waals surface area contributed by atoms with Crippen LogP contribution in [0.3, 0.4) is 0 Å². The molecule has 0 unspecified atom stereocenters. The zero-order chi connectivity index (χ0) is 20.3. The first kappa shape index (κ1) is 20.2. The van der Waals surface area contributed by atoms with E-state index >= 15 is 0 Å². The van der Waals surface area contributed by atoms with Gasteiger partial charge in [0.05, 0.1) is 0 Å². The van der Waals surface area contributed by atoms with E-state index in [4.69, 9.17) is 0 Å². The Morgan fingerprint density at radius 1 is 1.00 bits per heavy atom. The van der Waals surface area contributed by atoms with Gasteiger partial charge in [-0.1, -0.05) is 13.8 Å². The van der Waals surface area contributed by atoms with Gasteiger partial charge >= 0.3 is 0 Å². The number of amides is 3. The summed E-state index contributed by atoms with van der Waals surface area (Å²) in [7, 11) is 0. The molecule has 2 fully saturated rings. The molecule has 152 valence electrons. The van der Waals surface area contributed by atoms with Crippen molar-refractivity contribution >= 4 is 17.7 Å². The predicted octanol–water partition coefficient (Wildman–Crippen LogP) is 1.43. The quantitative estimate of drug-likeness (QED) is 0.780. The van der Waals surface area contributed by atoms with Gasteiger partial charge in [-0.15, -0.1) is 0 Å². The van der Waals surface area contributed by atoms with E-state index in [9.17, 15) is 14.4 Å². The van der Waals surface area contributed by atoms with Crippen molar-refractivity contribution in [2.24, 2.45) is 5.92 Å². The van der Waals surface area contributed by atoms with Gasteiger partial charge in [-0.25, -0.2) is 9.97 Å². The number of rotatable bonds is 4. The summed E-state index contributed by atoms with van der Waals surface area (Å²) in [5, 5.41) is 0. The Hall–Kier alpha value is -2.51. The second-order valence-electron chi connectivity index (χ2n) is 7.96. The van der Waals surface area contributed by atoms with Crippen molar-refractivity contribution in [3.8, 4) is 0 Å². The summed E-state index contributed by atoms with van der Waals surface area (Å²) in [4.78, 5) is 52.2. The molecular weight excluding hydrogens is 358 g/mol. The second kappa shape index (κ2) is 8.67. The molecule has 1 aromatic heterocycles. The molecule has 0 spiro atoms. The molecule has 8 heteroatoms. The predicted molar refractivity (Wildman–Crippen MR) is 104 cm³/mol. The van der Waals surface area contributed by atoms with Crippen molar-refractivity contribution in [2.45, 2.75) is 46.1 Å². The largest absolute Gasteiger partial charge is 0.339 e. The zero-order valence-electron chi connectivity index (χ0n) is 16.9. The molecule has 8 nitrogen and oxygen atoms in total. The number of likely N-dealkylation sites (tertiary alicyclic amines) is 1. The van der Waals surface area contributed by atoms with Gasteiger partial charge in [0.2, 0.25) is 5.91 Å². The fourth-order valence-electron chi connectivity index (χ4n) is 3.86. The molecule has 0 N–H and O–H groups in total. The number of piperidine rings is 1.